The summed E-state index contributed by atoms with van der Waals surface area (Å²) in [5.74, 6) is 0.850. The summed E-state index contributed by atoms with van der Waals surface area (Å²) in [6, 6.07) is 0. The van der Waals surface area contributed by atoms with Crippen LogP contribution in [0.2, 0.25) is 0 Å². The number of aromatic nitrogens is 3. The summed E-state index contributed by atoms with van der Waals surface area (Å²) in [5, 5.41) is 6.13. The van der Waals surface area contributed by atoms with Crippen molar-refractivity contribution in [1.82, 2.24) is 25.2 Å². The van der Waals surface area contributed by atoms with E-state index in [1.165, 1.54) is 17.4 Å². The third-order valence-electron chi connectivity index (χ3n) is 4.98. The second-order valence-electron chi connectivity index (χ2n) is 6.55. The number of ether oxygens (including phenoxy) is 1. The van der Waals surface area contributed by atoms with Crippen molar-refractivity contribution in [3.8, 4) is 0 Å². The summed E-state index contributed by atoms with van der Waals surface area (Å²) < 4.78 is 5.98. The van der Waals surface area contributed by atoms with Crippen molar-refractivity contribution in [3.63, 3.8) is 0 Å². The molecular weight excluding hydrogens is 338 g/mol. The van der Waals surface area contributed by atoms with E-state index >= 15 is 0 Å². The highest BCUT2D eigenvalue weighted by molar-refractivity contribution is 7.09. The first-order valence-corrected chi connectivity index (χ1v) is 9.44. The molecule has 2 aromatic rings. The van der Waals surface area contributed by atoms with Crippen LogP contribution in [0.5, 0.6) is 0 Å². The maximum Gasteiger partial charge on any atom is 0.271 e. The fourth-order valence-corrected chi connectivity index (χ4v) is 4.40. The van der Waals surface area contributed by atoms with Crippen LogP contribution >= 0.6 is 11.3 Å². The van der Waals surface area contributed by atoms with Crippen LogP contribution < -0.4 is 5.32 Å². The molecule has 2 aliphatic rings. The molecule has 2 aromatic heterocycles. The van der Waals surface area contributed by atoms with Gasteiger partial charge >= 0.3 is 0 Å². The molecule has 4 rings (SSSR count). The van der Waals surface area contributed by atoms with Gasteiger partial charge in [0, 0.05) is 43.0 Å². The van der Waals surface area contributed by atoms with Crippen LogP contribution in [0.1, 0.15) is 21.9 Å². The Hall–Kier alpha value is -1.90. The molecule has 8 heteroatoms. The van der Waals surface area contributed by atoms with Crippen LogP contribution in [0.15, 0.2) is 30.2 Å². The minimum Gasteiger partial charge on any atom is -0.376 e. The minimum atomic E-state index is -0.193. The molecule has 0 radical (unpaired) electrons. The molecule has 3 atom stereocenters. The van der Waals surface area contributed by atoms with Crippen LogP contribution in [0.25, 0.3) is 0 Å². The zero-order chi connectivity index (χ0) is 17.1. The van der Waals surface area contributed by atoms with E-state index in [0.717, 1.165) is 32.7 Å². The predicted octanol–water partition coefficient (Wildman–Crippen LogP) is 1.20. The summed E-state index contributed by atoms with van der Waals surface area (Å²) in [6.07, 6.45) is 7.61. The van der Waals surface area contributed by atoms with Crippen LogP contribution in [0.4, 0.5) is 0 Å². The Morgan fingerprint density at radius 3 is 3.12 bits per heavy atom. The van der Waals surface area contributed by atoms with Crippen molar-refractivity contribution in [2.45, 2.75) is 19.1 Å². The number of carbonyl (C=O) groups is 1. The van der Waals surface area contributed by atoms with Gasteiger partial charge in [0.2, 0.25) is 0 Å². The van der Waals surface area contributed by atoms with Gasteiger partial charge in [-0.3, -0.25) is 14.7 Å². The number of likely N-dealkylation sites (tertiary alicyclic amines) is 1. The van der Waals surface area contributed by atoms with Gasteiger partial charge in [0.15, 0.2) is 0 Å². The number of nitrogens with zero attached hydrogens (tertiary/aromatic N) is 4. The number of piperidine rings is 1. The maximum atomic E-state index is 12.1. The lowest BCUT2D eigenvalue weighted by atomic mass is 9.84. The molecule has 1 N–H and O–H groups in total. The van der Waals surface area contributed by atoms with Crippen LogP contribution in [-0.4, -0.2) is 58.1 Å². The van der Waals surface area contributed by atoms with Crippen molar-refractivity contribution in [2.75, 3.05) is 26.2 Å². The Morgan fingerprint density at radius 1 is 1.36 bits per heavy atom. The first-order chi connectivity index (χ1) is 12.3. The van der Waals surface area contributed by atoms with Crippen LogP contribution in [0, 0.1) is 11.8 Å². The molecule has 0 saturated carbocycles. The molecule has 2 saturated heterocycles. The molecule has 0 aromatic carbocycles. The molecule has 7 nitrogen and oxygen atoms in total. The smallest absolute Gasteiger partial charge is 0.271 e. The first kappa shape index (κ1) is 16.6. The molecule has 2 fully saturated rings. The van der Waals surface area contributed by atoms with E-state index in [9.17, 15) is 4.79 Å². The summed E-state index contributed by atoms with van der Waals surface area (Å²) in [6.45, 7) is 4.32. The minimum absolute atomic E-state index is 0.0904. The van der Waals surface area contributed by atoms with E-state index in [1.807, 2.05) is 11.6 Å². The summed E-state index contributed by atoms with van der Waals surface area (Å²) in [7, 11) is 0. The average Bonchev–Trinajstić information content (AvgIpc) is 3.30. The van der Waals surface area contributed by atoms with Crippen LogP contribution in [0.3, 0.4) is 0 Å². The normalized spacial score (nSPS) is 26.3. The van der Waals surface area contributed by atoms with Gasteiger partial charge in [0.25, 0.3) is 5.91 Å². The molecule has 1 amide bonds. The third kappa shape index (κ3) is 3.86. The predicted molar refractivity (Wildman–Crippen MR) is 93.1 cm³/mol. The molecule has 0 bridgehead atoms. The summed E-state index contributed by atoms with van der Waals surface area (Å²) in [4.78, 5) is 26.9. The lowest BCUT2D eigenvalue weighted by molar-refractivity contribution is 0.0740. The number of carbonyl (C=O) groups excluding carboxylic acids is 1. The number of hydrogen-bond donors (Lipinski definition) is 1. The van der Waals surface area contributed by atoms with Gasteiger partial charge in [-0.1, -0.05) is 0 Å². The number of hydrogen-bond acceptors (Lipinski definition) is 7. The Labute approximate surface area is 150 Å². The number of fused-ring (bicyclic) bond motifs is 1. The zero-order valence-electron chi connectivity index (χ0n) is 13.9. The highest BCUT2D eigenvalue weighted by atomic mass is 32.1. The first-order valence-electron chi connectivity index (χ1n) is 8.56. The Kier molecular flexibility index (Phi) is 5.00. The van der Waals surface area contributed by atoms with Crippen molar-refractivity contribution in [3.05, 3.63) is 40.9 Å². The zero-order valence-corrected chi connectivity index (χ0v) is 14.7. The van der Waals surface area contributed by atoms with Crippen LogP contribution in [-0.2, 0) is 11.3 Å². The SMILES string of the molecule is O=C(NC[C@@H]1OC[C@H]2CN(Cc3nccs3)CC[C@H]21)c1cnccn1. The molecule has 0 spiro atoms. The molecule has 0 aliphatic carbocycles. The molecule has 2 aliphatic heterocycles. The molecular formula is C17H21N5O2S. The van der Waals surface area contributed by atoms with Crippen molar-refractivity contribution < 1.29 is 9.53 Å². The Morgan fingerprint density at radius 2 is 2.32 bits per heavy atom. The number of rotatable bonds is 5. The Bertz CT molecular complexity index is 696. The van der Waals surface area contributed by atoms with Gasteiger partial charge in [0.1, 0.15) is 10.7 Å². The lowest BCUT2D eigenvalue weighted by Crippen LogP contribution is -2.43. The van der Waals surface area contributed by atoms with Gasteiger partial charge in [-0.15, -0.1) is 11.3 Å². The van der Waals surface area contributed by atoms with E-state index in [0.29, 0.717) is 24.1 Å². The highest BCUT2D eigenvalue weighted by Gasteiger charge is 2.40. The van der Waals surface area contributed by atoms with Gasteiger partial charge in [-0.05, 0) is 18.9 Å². The number of amides is 1. The molecule has 25 heavy (non-hydrogen) atoms. The average molecular weight is 359 g/mol. The monoisotopic (exact) mass is 359 g/mol. The van der Waals surface area contributed by atoms with Gasteiger partial charge in [-0.25, -0.2) is 9.97 Å². The highest BCUT2D eigenvalue weighted by Crippen LogP contribution is 2.34. The Balaban J connectivity index is 1.28. The second-order valence-corrected chi connectivity index (χ2v) is 7.53. The fraction of sp³-hybridized carbons (Fsp3) is 0.529. The van der Waals surface area contributed by atoms with E-state index in [4.69, 9.17) is 4.74 Å². The number of nitrogens with one attached hydrogen (secondary N) is 1. The second kappa shape index (κ2) is 7.55. The molecule has 132 valence electrons. The summed E-state index contributed by atoms with van der Waals surface area (Å²) >= 11 is 1.71. The largest absolute Gasteiger partial charge is 0.376 e. The van der Waals surface area contributed by atoms with Crippen molar-refractivity contribution in [2.24, 2.45) is 11.8 Å². The quantitative estimate of drug-likeness (QED) is 0.864. The van der Waals surface area contributed by atoms with Gasteiger partial charge < -0.3 is 10.1 Å². The third-order valence-corrected chi connectivity index (χ3v) is 5.75. The van der Waals surface area contributed by atoms with Gasteiger partial charge in [0.05, 0.1) is 25.5 Å². The van der Waals surface area contributed by atoms with E-state index in [-0.39, 0.29) is 12.0 Å². The lowest BCUT2D eigenvalue weighted by Gasteiger charge is -2.35. The van der Waals surface area contributed by atoms with Crippen molar-refractivity contribution >= 4 is 17.2 Å². The van der Waals surface area contributed by atoms with Gasteiger partial charge in [-0.2, -0.15) is 0 Å². The van der Waals surface area contributed by atoms with E-state index in [2.05, 4.69) is 25.2 Å². The summed E-state index contributed by atoms with van der Waals surface area (Å²) in [5.41, 5.74) is 0.343. The number of thiazole rings is 1. The molecule has 4 heterocycles. The van der Waals surface area contributed by atoms with Crippen molar-refractivity contribution in [1.29, 1.82) is 0 Å². The van der Waals surface area contributed by atoms with E-state index < -0.39 is 0 Å². The molecule has 0 unspecified atom stereocenters. The standard InChI is InChI=1S/C17H21N5O2S/c23-17(14-7-18-2-3-19-14)21-8-15-13-1-5-22(9-12(13)11-24-15)10-16-20-4-6-25-16/h2-4,6-7,12-13,15H,1,5,8-11H2,(H,21,23)/t12-,13-,15+/m1/s1. The maximum absolute atomic E-state index is 12.1. The van der Waals surface area contributed by atoms with E-state index in [1.54, 1.807) is 17.5 Å². The topological polar surface area (TPSA) is 80.2 Å². The fourth-order valence-electron chi connectivity index (χ4n) is 3.74.